The summed E-state index contributed by atoms with van der Waals surface area (Å²) in [6.07, 6.45) is 0. The Morgan fingerprint density at radius 3 is 2.65 bits per heavy atom. The Hall–Kier alpha value is -1.30. The summed E-state index contributed by atoms with van der Waals surface area (Å²) in [5, 5.41) is 12.7. The van der Waals surface area contributed by atoms with E-state index in [1.165, 1.54) is 12.1 Å². The smallest absolute Gasteiger partial charge is 0.259 e. The molecular formula is C13H9BrCl2N2O2. The largest absolute Gasteiger partial charge is 0.507 e. The first kappa shape index (κ1) is 15.1. The SMILES string of the molecule is Cc1cc(Cl)nc(Cl)c1NC(=O)c1ccc(Br)cc1O. The van der Waals surface area contributed by atoms with Gasteiger partial charge in [-0.2, -0.15) is 0 Å². The van der Waals surface area contributed by atoms with Gasteiger partial charge in [-0.15, -0.1) is 0 Å². The fourth-order valence-electron chi connectivity index (χ4n) is 1.62. The number of carbonyl (C=O) groups excluding carboxylic acids is 1. The second-order valence-corrected chi connectivity index (χ2v) is 5.70. The molecule has 1 aromatic heterocycles. The van der Waals surface area contributed by atoms with Gasteiger partial charge in [-0.25, -0.2) is 4.98 Å². The molecule has 0 saturated heterocycles. The summed E-state index contributed by atoms with van der Waals surface area (Å²) in [5.41, 5.74) is 1.18. The zero-order chi connectivity index (χ0) is 14.9. The number of hydrogen-bond donors (Lipinski definition) is 2. The molecule has 0 saturated carbocycles. The maximum atomic E-state index is 12.1. The average Bonchev–Trinajstić information content (AvgIpc) is 2.33. The molecule has 104 valence electrons. The van der Waals surface area contributed by atoms with E-state index >= 15 is 0 Å². The first-order valence-electron chi connectivity index (χ1n) is 5.51. The van der Waals surface area contributed by atoms with Crippen LogP contribution in [0.25, 0.3) is 0 Å². The molecular weight excluding hydrogens is 367 g/mol. The number of nitrogens with one attached hydrogen (secondary N) is 1. The van der Waals surface area contributed by atoms with Crippen molar-refractivity contribution < 1.29 is 9.90 Å². The number of aromatic hydroxyl groups is 1. The molecule has 1 amide bonds. The van der Waals surface area contributed by atoms with Crippen LogP contribution in [0.3, 0.4) is 0 Å². The lowest BCUT2D eigenvalue weighted by atomic mass is 10.1. The minimum absolute atomic E-state index is 0.0972. The number of anilines is 1. The zero-order valence-electron chi connectivity index (χ0n) is 10.2. The molecule has 0 atom stereocenters. The number of nitrogens with zero attached hydrogens (tertiary/aromatic N) is 1. The van der Waals surface area contributed by atoms with Gasteiger partial charge in [0.15, 0.2) is 5.15 Å². The molecule has 1 heterocycles. The first-order valence-corrected chi connectivity index (χ1v) is 7.06. The summed E-state index contributed by atoms with van der Waals surface area (Å²) in [6.45, 7) is 1.75. The fraction of sp³-hybridized carbons (Fsp3) is 0.0769. The Balaban J connectivity index is 2.33. The highest BCUT2D eigenvalue weighted by Gasteiger charge is 2.15. The monoisotopic (exact) mass is 374 g/mol. The van der Waals surface area contributed by atoms with Crippen molar-refractivity contribution >= 4 is 50.7 Å². The number of aryl methyl sites for hydroxylation is 1. The van der Waals surface area contributed by atoms with Crippen LogP contribution < -0.4 is 5.32 Å². The maximum absolute atomic E-state index is 12.1. The van der Waals surface area contributed by atoms with Crippen molar-refractivity contribution in [3.05, 3.63) is 50.2 Å². The van der Waals surface area contributed by atoms with Crippen LogP contribution in [0.2, 0.25) is 10.3 Å². The van der Waals surface area contributed by atoms with E-state index in [0.29, 0.717) is 15.7 Å². The van der Waals surface area contributed by atoms with Crippen LogP contribution in [0.15, 0.2) is 28.7 Å². The average molecular weight is 376 g/mol. The molecule has 7 heteroatoms. The molecule has 2 N–H and O–H groups in total. The minimum atomic E-state index is -0.482. The maximum Gasteiger partial charge on any atom is 0.259 e. The van der Waals surface area contributed by atoms with Crippen molar-refractivity contribution in [2.75, 3.05) is 5.32 Å². The second-order valence-electron chi connectivity index (χ2n) is 4.04. The Morgan fingerprint density at radius 2 is 2.05 bits per heavy atom. The van der Waals surface area contributed by atoms with Crippen LogP contribution in [0.4, 0.5) is 5.69 Å². The third-order valence-corrected chi connectivity index (χ3v) is 3.54. The van der Waals surface area contributed by atoms with Gasteiger partial charge in [0.1, 0.15) is 10.9 Å². The third kappa shape index (κ3) is 3.23. The molecule has 0 spiro atoms. The topological polar surface area (TPSA) is 62.2 Å². The lowest BCUT2D eigenvalue weighted by molar-refractivity contribution is 0.102. The van der Waals surface area contributed by atoms with E-state index in [4.69, 9.17) is 23.2 Å². The molecule has 0 aliphatic carbocycles. The lowest BCUT2D eigenvalue weighted by Crippen LogP contribution is -2.13. The first-order chi connectivity index (χ1) is 9.38. The molecule has 0 aliphatic heterocycles. The predicted molar refractivity (Wildman–Crippen MR) is 82.8 cm³/mol. The highest BCUT2D eigenvalue weighted by Crippen LogP contribution is 2.28. The lowest BCUT2D eigenvalue weighted by Gasteiger charge is -2.11. The van der Waals surface area contributed by atoms with E-state index < -0.39 is 5.91 Å². The van der Waals surface area contributed by atoms with Gasteiger partial charge in [0.05, 0.1) is 11.3 Å². The summed E-state index contributed by atoms with van der Waals surface area (Å²) in [5.74, 6) is -0.614. The van der Waals surface area contributed by atoms with E-state index in [9.17, 15) is 9.90 Å². The number of amides is 1. The van der Waals surface area contributed by atoms with Gasteiger partial charge in [-0.3, -0.25) is 4.79 Å². The van der Waals surface area contributed by atoms with E-state index in [1.54, 1.807) is 19.1 Å². The van der Waals surface area contributed by atoms with E-state index in [-0.39, 0.29) is 21.6 Å². The standard InChI is InChI=1S/C13H9BrCl2N2O2/c1-6-4-10(15)17-12(16)11(6)18-13(20)8-3-2-7(14)5-9(8)19/h2-5,19H,1H3,(H,18,20). The molecule has 20 heavy (non-hydrogen) atoms. The van der Waals surface area contributed by atoms with Gasteiger partial charge >= 0.3 is 0 Å². The summed E-state index contributed by atoms with van der Waals surface area (Å²) in [4.78, 5) is 16.0. The van der Waals surface area contributed by atoms with E-state index in [1.807, 2.05) is 0 Å². The number of carbonyl (C=O) groups is 1. The van der Waals surface area contributed by atoms with E-state index in [2.05, 4.69) is 26.2 Å². The number of aromatic nitrogens is 1. The highest BCUT2D eigenvalue weighted by molar-refractivity contribution is 9.10. The third-order valence-electron chi connectivity index (χ3n) is 2.58. The van der Waals surface area contributed by atoms with Crippen molar-refractivity contribution in [2.24, 2.45) is 0 Å². The molecule has 2 aromatic rings. The number of halogens is 3. The Bertz CT molecular complexity index is 669. The summed E-state index contributed by atoms with van der Waals surface area (Å²) in [7, 11) is 0. The summed E-state index contributed by atoms with van der Waals surface area (Å²) >= 11 is 14.9. The molecule has 0 unspecified atom stereocenters. The molecule has 0 fully saturated rings. The summed E-state index contributed by atoms with van der Waals surface area (Å²) < 4.78 is 0.675. The normalized spacial score (nSPS) is 10.4. The number of phenols is 1. The van der Waals surface area contributed by atoms with Crippen LogP contribution >= 0.6 is 39.1 Å². The van der Waals surface area contributed by atoms with Crippen LogP contribution in [-0.4, -0.2) is 16.0 Å². The molecule has 2 rings (SSSR count). The quantitative estimate of drug-likeness (QED) is 0.764. The number of pyridine rings is 1. The second kappa shape index (κ2) is 5.99. The Kier molecular flexibility index (Phi) is 4.52. The molecule has 1 aromatic carbocycles. The van der Waals surface area contributed by atoms with Crippen molar-refractivity contribution in [3.8, 4) is 5.75 Å². The minimum Gasteiger partial charge on any atom is -0.507 e. The van der Waals surface area contributed by atoms with Crippen LogP contribution in [0.1, 0.15) is 15.9 Å². The predicted octanol–water partition coefficient (Wildman–Crippen LogP) is 4.42. The number of benzene rings is 1. The Labute approximate surface area is 133 Å². The fourth-order valence-corrected chi connectivity index (χ4v) is 2.55. The van der Waals surface area contributed by atoms with E-state index in [0.717, 1.165) is 0 Å². The van der Waals surface area contributed by atoms with Crippen molar-refractivity contribution in [1.82, 2.24) is 4.98 Å². The molecule has 4 nitrogen and oxygen atoms in total. The Morgan fingerprint density at radius 1 is 1.35 bits per heavy atom. The van der Waals surface area contributed by atoms with Gasteiger partial charge in [0.25, 0.3) is 5.91 Å². The van der Waals surface area contributed by atoms with Crippen LogP contribution in [0, 0.1) is 6.92 Å². The van der Waals surface area contributed by atoms with Gasteiger partial charge in [-0.05, 0) is 36.8 Å². The highest BCUT2D eigenvalue weighted by atomic mass is 79.9. The van der Waals surface area contributed by atoms with Crippen molar-refractivity contribution in [1.29, 1.82) is 0 Å². The van der Waals surface area contributed by atoms with Gasteiger partial charge in [-0.1, -0.05) is 39.1 Å². The van der Waals surface area contributed by atoms with Gasteiger partial charge in [0, 0.05) is 4.47 Å². The molecule has 0 radical (unpaired) electrons. The number of phenolic OH excluding ortho intramolecular Hbond substituents is 1. The van der Waals surface area contributed by atoms with Crippen LogP contribution in [0.5, 0.6) is 5.75 Å². The zero-order valence-corrected chi connectivity index (χ0v) is 13.3. The molecule has 0 aliphatic rings. The number of hydrogen-bond acceptors (Lipinski definition) is 3. The number of rotatable bonds is 2. The van der Waals surface area contributed by atoms with Gasteiger partial charge in [0.2, 0.25) is 0 Å². The van der Waals surface area contributed by atoms with Crippen LogP contribution in [-0.2, 0) is 0 Å². The van der Waals surface area contributed by atoms with Gasteiger partial charge < -0.3 is 10.4 Å². The van der Waals surface area contributed by atoms with Crippen molar-refractivity contribution in [2.45, 2.75) is 6.92 Å². The molecule has 0 bridgehead atoms. The van der Waals surface area contributed by atoms with Crippen molar-refractivity contribution in [3.63, 3.8) is 0 Å². The summed E-state index contributed by atoms with van der Waals surface area (Å²) in [6, 6.07) is 6.18.